The second-order valence-electron chi connectivity index (χ2n) is 6.13. The van der Waals surface area contributed by atoms with Gasteiger partial charge in [-0.3, -0.25) is 0 Å². The van der Waals surface area contributed by atoms with E-state index in [1.807, 2.05) is 68.4 Å². The largest absolute Gasteiger partial charge is 0.377 e. The molecule has 0 spiro atoms. The lowest BCUT2D eigenvalue weighted by Gasteiger charge is -2.30. The van der Waals surface area contributed by atoms with Crippen LogP contribution in [-0.4, -0.2) is 13.1 Å². The predicted octanol–water partition coefficient (Wildman–Crippen LogP) is 4.84. The highest BCUT2D eigenvalue weighted by atomic mass is 16.5. The van der Waals surface area contributed by atoms with Gasteiger partial charge in [-0.15, -0.1) is 0 Å². The van der Waals surface area contributed by atoms with Crippen LogP contribution in [0.1, 0.15) is 44.4 Å². The van der Waals surface area contributed by atoms with E-state index >= 15 is 0 Å². The van der Waals surface area contributed by atoms with E-state index in [9.17, 15) is 4.79 Å². The summed E-state index contributed by atoms with van der Waals surface area (Å²) in [5.74, 6) is 0. The van der Waals surface area contributed by atoms with Crippen molar-refractivity contribution in [2.24, 2.45) is 0 Å². The Balaban J connectivity index is 2.10. The van der Waals surface area contributed by atoms with E-state index in [1.54, 1.807) is 7.11 Å². The van der Waals surface area contributed by atoms with Crippen LogP contribution in [0.2, 0.25) is 0 Å². The molecule has 128 valence electrons. The molecule has 0 fully saturated rings. The van der Waals surface area contributed by atoms with Gasteiger partial charge in [0.1, 0.15) is 0 Å². The summed E-state index contributed by atoms with van der Waals surface area (Å²) in [5.41, 5.74) is 2.45. The molecule has 0 radical (unpaired) electrons. The molecule has 0 aromatic heterocycles. The monoisotopic (exact) mass is 326 g/mol. The van der Waals surface area contributed by atoms with Gasteiger partial charge in [-0.25, -0.2) is 4.79 Å². The molecule has 2 aromatic rings. The zero-order valence-corrected chi connectivity index (χ0v) is 14.8. The standard InChI is InChI=1S/C20H26N2O2/c1-5-20(3,17-11-7-6-8-12-17)22-19(23)21-18-13-9-10-16(14-18)15(2)24-4/h6-15H,5H2,1-4H3,(H2,21,22,23). The first kappa shape index (κ1) is 18.0. The SMILES string of the molecule is CCC(C)(NC(=O)Nc1cccc(C(C)OC)c1)c1ccccc1. The van der Waals surface area contributed by atoms with Crippen molar-refractivity contribution in [3.63, 3.8) is 0 Å². The summed E-state index contributed by atoms with van der Waals surface area (Å²) < 4.78 is 5.32. The molecule has 0 saturated carbocycles. The van der Waals surface area contributed by atoms with E-state index in [-0.39, 0.29) is 12.1 Å². The number of urea groups is 1. The van der Waals surface area contributed by atoms with Gasteiger partial charge in [-0.05, 0) is 43.5 Å². The molecule has 2 aromatic carbocycles. The lowest BCUT2D eigenvalue weighted by atomic mass is 9.89. The second-order valence-corrected chi connectivity index (χ2v) is 6.13. The maximum Gasteiger partial charge on any atom is 0.319 e. The van der Waals surface area contributed by atoms with Crippen molar-refractivity contribution >= 4 is 11.7 Å². The van der Waals surface area contributed by atoms with Crippen LogP contribution in [0, 0.1) is 0 Å². The quantitative estimate of drug-likeness (QED) is 0.798. The fourth-order valence-electron chi connectivity index (χ4n) is 2.59. The van der Waals surface area contributed by atoms with Crippen LogP contribution < -0.4 is 10.6 Å². The van der Waals surface area contributed by atoms with E-state index in [2.05, 4.69) is 17.6 Å². The highest BCUT2D eigenvalue weighted by Crippen LogP contribution is 2.25. The molecule has 24 heavy (non-hydrogen) atoms. The molecule has 0 aliphatic carbocycles. The average molecular weight is 326 g/mol. The van der Waals surface area contributed by atoms with Gasteiger partial charge in [0, 0.05) is 12.8 Å². The second kappa shape index (κ2) is 7.97. The fourth-order valence-corrected chi connectivity index (χ4v) is 2.59. The van der Waals surface area contributed by atoms with Gasteiger partial charge in [-0.1, -0.05) is 49.4 Å². The van der Waals surface area contributed by atoms with E-state index in [0.717, 1.165) is 23.2 Å². The molecule has 0 aliphatic heterocycles. The van der Waals surface area contributed by atoms with Crippen LogP contribution in [0.3, 0.4) is 0 Å². The summed E-state index contributed by atoms with van der Waals surface area (Å²) in [6.45, 7) is 6.07. The third kappa shape index (κ3) is 4.36. The summed E-state index contributed by atoms with van der Waals surface area (Å²) in [4.78, 5) is 12.5. The lowest BCUT2D eigenvalue weighted by Crippen LogP contribution is -2.45. The minimum Gasteiger partial charge on any atom is -0.377 e. The van der Waals surface area contributed by atoms with E-state index < -0.39 is 5.54 Å². The minimum atomic E-state index is -0.414. The third-order valence-corrected chi connectivity index (χ3v) is 4.47. The third-order valence-electron chi connectivity index (χ3n) is 4.47. The zero-order chi connectivity index (χ0) is 17.6. The summed E-state index contributed by atoms with van der Waals surface area (Å²) in [6, 6.07) is 17.5. The number of methoxy groups -OCH3 is 1. The van der Waals surface area contributed by atoms with Gasteiger partial charge < -0.3 is 15.4 Å². The van der Waals surface area contributed by atoms with Gasteiger partial charge in [0.2, 0.25) is 0 Å². The lowest BCUT2D eigenvalue weighted by molar-refractivity contribution is 0.119. The first-order chi connectivity index (χ1) is 11.5. The number of carbonyl (C=O) groups excluding carboxylic acids is 1. The van der Waals surface area contributed by atoms with Crippen LogP contribution in [0.4, 0.5) is 10.5 Å². The Morgan fingerprint density at radius 1 is 1.17 bits per heavy atom. The van der Waals surface area contributed by atoms with Gasteiger partial charge in [0.15, 0.2) is 0 Å². The van der Waals surface area contributed by atoms with E-state index in [1.165, 1.54) is 0 Å². The predicted molar refractivity (Wildman–Crippen MR) is 98.1 cm³/mol. The van der Waals surface area contributed by atoms with Crippen molar-refractivity contribution in [3.8, 4) is 0 Å². The first-order valence-electron chi connectivity index (χ1n) is 8.26. The van der Waals surface area contributed by atoms with Crippen LogP contribution >= 0.6 is 0 Å². The number of anilines is 1. The topological polar surface area (TPSA) is 50.4 Å². The number of hydrogen-bond donors (Lipinski definition) is 2. The molecule has 0 aliphatic rings. The van der Waals surface area contributed by atoms with Crippen LogP contribution in [0.15, 0.2) is 54.6 Å². The Kier molecular flexibility index (Phi) is 5.99. The fraction of sp³-hybridized carbons (Fsp3) is 0.350. The Morgan fingerprint density at radius 2 is 1.88 bits per heavy atom. The molecule has 2 rings (SSSR count). The van der Waals surface area contributed by atoms with Crippen LogP contribution in [0.25, 0.3) is 0 Å². The normalized spacial score (nSPS) is 14.5. The minimum absolute atomic E-state index is 0.0139. The number of hydrogen-bond acceptors (Lipinski definition) is 2. The summed E-state index contributed by atoms with van der Waals surface area (Å²) in [7, 11) is 1.67. The molecule has 2 N–H and O–H groups in total. The van der Waals surface area contributed by atoms with Crippen molar-refractivity contribution in [1.29, 1.82) is 0 Å². The number of carbonyl (C=O) groups is 1. The molecule has 0 saturated heterocycles. The van der Waals surface area contributed by atoms with E-state index in [0.29, 0.717) is 0 Å². The van der Waals surface area contributed by atoms with Gasteiger partial charge >= 0.3 is 6.03 Å². The summed E-state index contributed by atoms with van der Waals surface area (Å²) in [6.07, 6.45) is 0.783. The number of amides is 2. The van der Waals surface area contributed by atoms with Gasteiger partial charge in [-0.2, -0.15) is 0 Å². The van der Waals surface area contributed by atoms with Crippen LogP contribution in [0.5, 0.6) is 0 Å². The molecule has 2 amide bonds. The maximum atomic E-state index is 12.5. The number of rotatable bonds is 6. The van der Waals surface area contributed by atoms with Gasteiger partial charge in [0.05, 0.1) is 11.6 Å². The molecular weight excluding hydrogens is 300 g/mol. The first-order valence-corrected chi connectivity index (χ1v) is 8.26. The summed E-state index contributed by atoms with van der Waals surface area (Å²) in [5, 5.41) is 6.00. The molecule has 4 heteroatoms. The molecule has 0 bridgehead atoms. The molecule has 2 atom stereocenters. The van der Waals surface area contributed by atoms with Crippen molar-refractivity contribution in [1.82, 2.24) is 5.32 Å². The van der Waals surface area contributed by atoms with Crippen LogP contribution in [-0.2, 0) is 10.3 Å². The zero-order valence-electron chi connectivity index (χ0n) is 14.8. The Bertz CT molecular complexity index is 672. The van der Waals surface area contributed by atoms with E-state index in [4.69, 9.17) is 4.74 Å². The van der Waals surface area contributed by atoms with Gasteiger partial charge in [0.25, 0.3) is 0 Å². The Labute approximate surface area is 144 Å². The van der Waals surface area contributed by atoms with Crippen molar-refractivity contribution in [2.75, 3.05) is 12.4 Å². The number of benzene rings is 2. The highest BCUT2D eigenvalue weighted by molar-refractivity contribution is 5.90. The molecular formula is C20H26N2O2. The highest BCUT2D eigenvalue weighted by Gasteiger charge is 2.26. The molecule has 0 heterocycles. The Hall–Kier alpha value is -2.33. The number of nitrogens with one attached hydrogen (secondary N) is 2. The summed E-state index contributed by atoms with van der Waals surface area (Å²) >= 11 is 0. The average Bonchev–Trinajstić information content (AvgIpc) is 2.61. The smallest absolute Gasteiger partial charge is 0.319 e. The Morgan fingerprint density at radius 3 is 2.50 bits per heavy atom. The van der Waals surface area contributed by atoms with Crippen molar-refractivity contribution in [3.05, 3.63) is 65.7 Å². The van der Waals surface area contributed by atoms with Crippen molar-refractivity contribution < 1.29 is 9.53 Å². The maximum absolute atomic E-state index is 12.5. The molecule has 4 nitrogen and oxygen atoms in total. The molecule has 2 unspecified atom stereocenters. The number of ether oxygens (including phenoxy) is 1. The van der Waals surface area contributed by atoms with Crippen molar-refractivity contribution in [2.45, 2.75) is 38.8 Å².